The van der Waals surface area contributed by atoms with Crippen LogP contribution in [0.1, 0.15) is 24.5 Å². The number of nitrogens with zero attached hydrogens (tertiary/aromatic N) is 2. The molecular formula is C15H18N2O2. The second kappa shape index (κ2) is 5.69. The van der Waals surface area contributed by atoms with E-state index in [4.69, 9.17) is 5.11 Å². The highest BCUT2D eigenvalue weighted by Crippen LogP contribution is 2.23. The highest BCUT2D eigenvalue weighted by Gasteiger charge is 2.12. The summed E-state index contributed by atoms with van der Waals surface area (Å²) in [6.45, 7) is 2.15. The number of hydrogen-bond acceptors (Lipinski definition) is 2. The smallest absolute Gasteiger partial charge is 0.307 e. The monoisotopic (exact) mass is 258 g/mol. The Hall–Kier alpha value is -2.10. The number of carbonyl (C=O) groups is 1. The quantitative estimate of drug-likeness (QED) is 0.897. The summed E-state index contributed by atoms with van der Waals surface area (Å²) in [6, 6.07) is 8.19. The minimum Gasteiger partial charge on any atom is -0.481 e. The van der Waals surface area contributed by atoms with E-state index in [9.17, 15) is 4.79 Å². The number of hydrogen-bond donors (Lipinski definition) is 1. The number of aryl methyl sites for hydroxylation is 2. The lowest BCUT2D eigenvalue weighted by Gasteiger charge is -2.03. The lowest BCUT2D eigenvalue weighted by molar-refractivity contribution is -0.136. The zero-order chi connectivity index (χ0) is 13.8. The summed E-state index contributed by atoms with van der Waals surface area (Å²) in [5, 5.41) is 13.3. The van der Waals surface area contributed by atoms with Crippen molar-refractivity contribution in [2.45, 2.75) is 26.2 Å². The van der Waals surface area contributed by atoms with Crippen molar-refractivity contribution in [2.24, 2.45) is 7.05 Å². The van der Waals surface area contributed by atoms with Gasteiger partial charge in [-0.3, -0.25) is 9.48 Å². The van der Waals surface area contributed by atoms with E-state index in [2.05, 4.69) is 24.2 Å². The molecule has 0 radical (unpaired) electrons. The summed E-state index contributed by atoms with van der Waals surface area (Å²) >= 11 is 0. The predicted molar refractivity (Wildman–Crippen MR) is 74.0 cm³/mol. The van der Waals surface area contributed by atoms with Gasteiger partial charge in [0.1, 0.15) is 0 Å². The average molecular weight is 258 g/mol. The molecule has 0 saturated carbocycles. The lowest BCUT2D eigenvalue weighted by atomic mass is 10.0. The molecule has 4 nitrogen and oxygen atoms in total. The molecule has 0 aliphatic rings. The maximum absolute atomic E-state index is 10.9. The molecule has 0 unspecified atom stereocenters. The Bertz CT molecular complexity index is 570. The molecule has 0 spiro atoms. The summed E-state index contributed by atoms with van der Waals surface area (Å²) in [5.74, 6) is -0.836. The van der Waals surface area contributed by atoms with Crippen LogP contribution in [-0.4, -0.2) is 20.9 Å². The maximum Gasteiger partial charge on any atom is 0.307 e. The van der Waals surface area contributed by atoms with Gasteiger partial charge in [-0.15, -0.1) is 0 Å². The van der Waals surface area contributed by atoms with Gasteiger partial charge >= 0.3 is 5.97 Å². The fourth-order valence-electron chi connectivity index (χ4n) is 2.19. The third kappa shape index (κ3) is 3.22. The fraction of sp³-hybridized carbons (Fsp3) is 0.333. The van der Waals surface area contributed by atoms with Crippen molar-refractivity contribution < 1.29 is 9.90 Å². The van der Waals surface area contributed by atoms with E-state index in [1.165, 1.54) is 5.56 Å². The number of aromatic nitrogens is 2. The number of rotatable bonds is 5. The van der Waals surface area contributed by atoms with Gasteiger partial charge in [-0.05, 0) is 12.0 Å². The van der Waals surface area contributed by atoms with E-state index < -0.39 is 5.97 Å². The Morgan fingerprint density at radius 3 is 2.58 bits per heavy atom. The molecule has 0 atom stereocenters. The second-order valence-corrected chi connectivity index (χ2v) is 4.69. The second-order valence-electron chi connectivity index (χ2n) is 4.69. The van der Waals surface area contributed by atoms with E-state index in [0.717, 1.165) is 29.7 Å². The van der Waals surface area contributed by atoms with Crippen LogP contribution in [0, 0.1) is 0 Å². The molecule has 0 saturated heterocycles. The standard InChI is InChI=1S/C15H18N2O2/c1-3-4-11-5-7-12(8-6-11)15-13(9-14(18)19)10-17(2)16-15/h5-8,10H,3-4,9H2,1-2H3,(H,18,19). The minimum absolute atomic E-state index is 0.000114. The molecule has 0 fully saturated rings. The van der Waals surface area contributed by atoms with E-state index in [1.54, 1.807) is 17.9 Å². The van der Waals surface area contributed by atoms with Gasteiger partial charge in [0, 0.05) is 24.4 Å². The van der Waals surface area contributed by atoms with Gasteiger partial charge in [0.25, 0.3) is 0 Å². The Morgan fingerprint density at radius 1 is 1.32 bits per heavy atom. The molecule has 1 N–H and O–H groups in total. The van der Waals surface area contributed by atoms with Gasteiger partial charge in [-0.2, -0.15) is 5.10 Å². The summed E-state index contributed by atoms with van der Waals surface area (Å²) in [6.07, 6.45) is 3.95. The van der Waals surface area contributed by atoms with Crippen LogP contribution in [0.25, 0.3) is 11.3 Å². The van der Waals surface area contributed by atoms with Gasteiger partial charge in [0.2, 0.25) is 0 Å². The van der Waals surface area contributed by atoms with Gasteiger partial charge in [-0.1, -0.05) is 37.6 Å². The predicted octanol–water partition coefficient (Wildman–Crippen LogP) is 2.67. The molecule has 100 valence electrons. The van der Waals surface area contributed by atoms with Crippen molar-refractivity contribution in [3.63, 3.8) is 0 Å². The first-order chi connectivity index (χ1) is 9.10. The third-order valence-corrected chi connectivity index (χ3v) is 3.01. The SMILES string of the molecule is CCCc1ccc(-c2nn(C)cc2CC(=O)O)cc1. The number of benzene rings is 1. The van der Waals surface area contributed by atoms with E-state index in [-0.39, 0.29) is 6.42 Å². The molecule has 0 amide bonds. The molecule has 0 bridgehead atoms. The largest absolute Gasteiger partial charge is 0.481 e. The third-order valence-electron chi connectivity index (χ3n) is 3.01. The Labute approximate surface area is 112 Å². The van der Waals surface area contributed by atoms with Crippen molar-refractivity contribution in [1.29, 1.82) is 0 Å². The van der Waals surface area contributed by atoms with Crippen LogP contribution in [-0.2, 0) is 24.7 Å². The summed E-state index contributed by atoms with van der Waals surface area (Å²) < 4.78 is 1.66. The summed E-state index contributed by atoms with van der Waals surface area (Å²) in [5.41, 5.74) is 3.77. The van der Waals surface area contributed by atoms with Gasteiger partial charge in [0.15, 0.2) is 0 Å². The van der Waals surface area contributed by atoms with Crippen LogP contribution in [0.4, 0.5) is 0 Å². The van der Waals surface area contributed by atoms with Crippen molar-refractivity contribution >= 4 is 5.97 Å². The fourth-order valence-corrected chi connectivity index (χ4v) is 2.19. The van der Waals surface area contributed by atoms with Crippen LogP contribution >= 0.6 is 0 Å². The zero-order valence-corrected chi connectivity index (χ0v) is 11.3. The van der Waals surface area contributed by atoms with Crippen LogP contribution < -0.4 is 0 Å². The van der Waals surface area contributed by atoms with Gasteiger partial charge in [-0.25, -0.2) is 0 Å². The van der Waals surface area contributed by atoms with Gasteiger partial charge in [0.05, 0.1) is 12.1 Å². The summed E-state index contributed by atoms with van der Waals surface area (Å²) in [7, 11) is 1.81. The minimum atomic E-state index is -0.836. The van der Waals surface area contributed by atoms with E-state index >= 15 is 0 Å². The number of carboxylic acids is 1. The molecule has 2 aromatic rings. The molecule has 0 aliphatic heterocycles. The molecule has 1 aromatic heterocycles. The van der Waals surface area contributed by atoms with Crippen molar-refractivity contribution in [3.05, 3.63) is 41.6 Å². The molecule has 2 rings (SSSR count). The van der Waals surface area contributed by atoms with Gasteiger partial charge < -0.3 is 5.11 Å². The van der Waals surface area contributed by atoms with E-state index in [0.29, 0.717) is 0 Å². The Kier molecular flexibility index (Phi) is 4.00. The van der Waals surface area contributed by atoms with Crippen LogP contribution in [0.2, 0.25) is 0 Å². The topological polar surface area (TPSA) is 55.1 Å². The molecular weight excluding hydrogens is 240 g/mol. The maximum atomic E-state index is 10.9. The highest BCUT2D eigenvalue weighted by molar-refractivity contribution is 5.74. The highest BCUT2D eigenvalue weighted by atomic mass is 16.4. The molecule has 0 aliphatic carbocycles. The van der Waals surface area contributed by atoms with Crippen molar-refractivity contribution in [2.75, 3.05) is 0 Å². The lowest BCUT2D eigenvalue weighted by Crippen LogP contribution is -2.00. The number of carboxylic acid groups (broad SMARTS) is 1. The normalized spacial score (nSPS) is 10.6. The first-order valence-corrected chi connectivity index (χ1v) is 6.43. The molecule has 1 aromatic carbocycles. The van der Waals surface area contributed by atoms with Crippen LogP contribution in [0.5, 0.6) is 0 Å². The summed E-state index contributed by atoms with van der Waals surface area (Å²) in [4.78, 5) is 10.9. The first-order valence-electron chi connectivity index (χ1n) is 6.43. The van der Waals surface area contributed by atoms with Crippen LogP contribution in [0.3, 0.4) is 0 Å². The molecule has 19 heavy (non-hydrogen) atoms. The average Bonchev–Trinajstić information content (AvgIpc) is 2.71. The zero-order valence-electron chi connectivity index (χ0n) is 11.3. The first kappa shape index (κ1) is 13.3. The van der Waals surface area contributed by atoms with Crippen molar-refractivity contribution in [1.82, 2.24) is 9.78 Å². The molecule has 1 heterocycles. The Morgan fingerprint density at radius 2 is 2.00 bits per heavy atom. The van der Waals surface area contributed by atoms with Crippen molar-refractivity contribution in [3.8, 4) is 11.3 Å². The molecule has 4 heteroatoms. The Balaban J connectivity index is 2.32. The van der Waals surface area contributed by atoms with Crippen LogP contribution in [0.15, 0.2) is 30.5 Å². The number of aliphatic carboxylic acids is 1. The van der Waals surface area contributed by atoms with E-state index in [1.807, 2.05) is 12.1 Å².